The maximum atomic E-state index is 11.8. The Morgan fingerprint density at radius 3 is 2.64 bits per heavy atom. The van der Waals surface area contributed by atoms with Gasteiger partial charge in [0.05, 0.1) is 24.7 Å². The van der Waals surface area contributed by atoms with Crippen molar-refractivity contribution in [1.82, 2.24) is 15.5 Å². The van der Waals surface area contributed by atoms with Crippen LogP contribution in [0.4, 0.5) is 0 Å². The van der Waals surface area contributed by atoms with Crippen molar-refractivity contribution in [3.63, 3.8) is 0 Å². The molecule has 1 aromatic heterocycles. The van der Waals surface area contributed by atoms with Gasteiger partial charge in [0.2, 0.25) is 5.88 Å². The van der Waals surface area contributed by atoms with E-state index < -0.39 is 10.8 Å². The van der Waals surface area contributed by atoms with Crippen molar-refractivity contribution in [3.05, 3.63) is 56.7 Å². The summed E-state index contributed by atoms with van der Waals surface area (Å²) in [5.74, 6) is 0.738. The van der Waals surface area contributed by atoms with E-state index in [1.807, 2.05) is 0 Å². The minimum atomic E-state index is -0.667. The molecule has 2 N–H and O–H groups in total. The molecular formula is C16H18N4O5. The number of H-pyrrole nitrogens is 1. The summed E-state index contributed by atoms with van der Waals surface area (Å²) >= 11 is 0. The van der Waals surface area contributed by atoms with Crippen LogP contribution in [0.25, 0.3) is 0 Å². The largest absolute Gasteiger partial charge is 0.493 e. The zero-order chi connectivity index (χ0) is 18.1. The van der Waals surface area contributed by atoms with Crippen LogP contribution in [-0.2, 0) is 0 Å². The van der Waals surface area contributed by atoms with E-state index in [-0.39, 0.29) is 11.6 Å². The van der Waals surface area contributed by atoms with E-state index >= 15 is 0 Å². The zero-order valence-electron chi connectivity index (χ0n) is 14.2. The summed E-state index contributed by atoms with van der Waals surface area (Å²) in [7, 11) is 4.62. The van der Waals surface area contributed by atoms with Crippen LogP contribution in [0.15, 0.2) is 29.8 Å². The SMILES string of the molecule is CNC1=C([N+](=O)[O-])C(c2ccc(OC)c(OC)c2)c2c(n[nH]c2C)O1. The molecule has 3 rings (SSSR count). The third kappa shape index (κ3) is 2.63. The Kier molecular flexibility index (Phi) is 4.22. The normalized spacial score (nSPS) is 16.1. The van der Waals surface area contributed by atoms with Gasteiger partial charge < -0.3 is 19.5 Å². The van der Waals surface area contributed by atoms with E-state index in [9.17, 15) is 10.1 Å². The van der Waals surface area contributed by atoms with Gasteiger partial charge in [-0.1, -0.05) is 6.07 Å². The molecule has 1 unspecified atom stereocenters. The van der Waals surface area contributed by atoms with Crippen LogP contribution in [-0.4, -0.2) is 36.4 Å². The van der Waals surface area contributed by atoms with Crippen LogP contribution in [0.1, 0.15) is 22.7 Å². The topological polar surface area (TPSA) is 112 Å². The Morgan fingerprint density at radius 2 is 2.04 bits per heavy atom. The number of aromatic nitrogens is 2. The second-order valence-electron chi connectivity index (χ2n) is 5.44. The first kappa shape index (κ1) is 16.6. The summed E-state index contributed by atoms with van der Waals surface area (Å²) in [6.45, 7) is 1.80. The molecule has 0 fully saturated rings. The predicted molar refractivity (Wildman–Crippen MR) is 88.4 cm³/mol. The fourth-order valence-electron chi connectivity index (χ4n) is 2.97. The van der Waals surface area contributed by atoms with Crippen LogP contribution < -0.4 is 19.5 Å². The summed E-state index contributed by atoms with van der Waals surface area (Å²) in [5, 5.41) is 21.4. The highest BCUT2D eigenvalue weighted by atomic mass is 16.6. The molecule has 0 radical (unpaired) electrons. The lowest BCUT2D eigenvalue weighted by Crippen LogP contribution is -2.27. The van der Waals surface area contributed by atoms with Crippen LogP contribution in [0.3, 0.4) is 0 Å². The lowest BCUT2D eigenvalue weighted by Gasteiger charge is -2.23. The number of fused-ring (bicyclic) bond motifs is 1. The summed E-state index contributed by atoms with van der Waals surface area (Å²) in [6, 6.07) is 5.21. The maximum absolute atomic E-state index is 11.8. The number of hydrogen-bond acceptors (Lipinski definition) is 7. The van der Waals surface area contributed by atoms with Crippen molar-refractivity contribution in [3.8, 4) is 17.4 Å². The van der Waals surface area contributed by atoms with Gasteiger partial charge in [0, 0.05) is 12.7 Å². The highest BCUT2D eigenvalue weighted by molar-refractivity contribution is 5.53. The second-order valence-corrected chi connectivity index (χ2v) is 5.44. The molecule has 1 atom stereocenters. The van der Waals surface area contributed by atoms with Gasteiger partial charge in [0.25, 0.3) is 5.88 Å². The van der Waals surface area contributed by atoms with E-state index in [0.29, 0.717) is 34.2 Å². The molecule has 9 nitrogen and oxygen atoms in total. The Labute approximate surface area is 143 Å². The average molecular weight is 346 g/mol. The standard InChI is InChI=1S/C16H18N4O5/c1-8-12-13(9-5-6-10(23-3)11(7-9)24-4)14(20(21)22)16(17-2)25-15(12)19-18-8/h5-7,13,17H,1-4H3,(H,18,19). The fourth-order valence-corrected chi connectivity index (χ4v) is 2.97. The quantitative estimate of drug-likeness (QED) is 0.628. The van der Waals surface area contributed by atoms with Crippen molar-refractivity contribution >= 4 is 0 Å². The summed E-state index contributed by atoms with van der Waals surface area (Å²) in [6.07, 6.45) is 0. The van der Waals surface area contributed by atoms with Gasteiger partial charge in [-0.3, -0.25) is 15.2 Å². The van der Waals surface area contributed by atoms with Gasteiger partial charge in [-0.05, 0) is 24.6 Å². The number of aryl methyl sites for hydroxylation is 1. The number of benzene rings is 1. The molecule has 0 bridgehead atoms. The molecule has 132 valence electrons. The van der Waals surface area contributed by atoms with E-state index in [0.717, 1.165) is 0 Å². The van der Waals surface area contributed by atoms with Gasteiger partial charge in [0.1, 0.15) is 5.92 Å². The van der Waals surface area contributed by atoms with Crippen molar-refractivity contribution in [2.45, 2.75) is 12.8 Å². The maximum Gasteiger partial charge on any atom is 0.317 e. The lowest BCUT2D eigenvalue weighted by molar-refractivity contribution is -0.432. The molecule has 0 aliphatic carbocycles. The number of methoxy groups -OCH3 is 2. The number of aromatic amines is 1. The third-order valence-corrected chi connectivity index (χ3v) is 4.12. The van der Waals surface area contributed by atoms with Gasteiger partial charge in [-0.25, -0.2) is 0 Å². The van der Waals surface area contributed by atoms with E-state index in [1.165, 1.54) is 14.2 Å². The van der Waals surface area contributed by atoms with E-state index in [4.69, 9.17) is 14.2 Å². The van der Waals surface area contributed by atoms with Gasteiger partial charge in [0.15, 0.2) is 11.5 Å². The molecule has 2 heterocycles. The molecule has 1 aromatic carbocycles. The minimum Gasteiger partial charge on any atom is -0.493 e. The Hall–Kier alpha value is -3.23. The number of hydrogen-bond donors (Lipinski definition) is 2. The summed E-state index contributed by atoms with van der Waals surface area (Å²) in [4.78, 5) is 11.3. The Morgan fingerprint density at radius 1 is 1.32 bits per heavy atom. The Balaban J connectivity index is 2.25. The smallest absolute Gasteiger partial charge is 0.317 e. The van der Waals surface area contributed by atoms with Crippen LogP contribution in [0.2, 0.25) is 0 Å². The summed E-state index contributed by atoms with van der Waals surface area (Å²) in [5.41, 5.74) is 1.90. The second kappa shape index (κ2) is 6.34. The number of nitrogens with zero attached hydrogens (tertiary/aromatic N) is 2. The van der Waals surface area contributed by atoms with Gasteiger partial charge in [-0.15, -0.1) is 5.10 Å². The van der Waals surface area contributed by atoms with Crippen molar-refractivity contribution in [1.29, 1.82) is 0 Å². The van der Waals surface area contributed by atoms with Crippen molar-refractivity contribution in [2.24, 2.45) is 0 Å². The molecule has 9 heteroatoms. The first-order valence-electron chi connectivity index (χ1n) is 7.52. The predicted octanol–water partition coefficient (Wildman–Crippen LogP) is 1.92. The Bertz CT molecular complexity index is 858. The monoisotopic (exact) mass is 346 g/mol. The molecule has 1 aliphatic rings. The molecule has 2 aromatic rings. The molecule has 25 heavy (non-hydrogen) atoms. The van der Waals surface area contributed by atoms with Gasteiger partial charge >= 0.3 is 5.70 Å². The van der Waals surface area contributed by atoms with Crippen LogP contribution in [0.5, 0.6) is 17.4 Å². The molecule has 0 saturated carbocycles. The third-order valence-electron chi connectivity index (χ3n) is 4.12. The molecule has 0 amide bonds. The highest BCUT2D eigenvalue weighted by Crippen LogP contribution is 2.45. The van der Waals surface area contributed by atoms with Gasteiger partial charge in [-0.2, -0.15) is 0 Å². The number of allylic oxidation sites excluding steroid dienone is 1. The highest BCUT2D eigenvalue weighted by Gasteiger charge is 2.42. The van der Waals surface area contributed by atoms with Crippen molar-refractivity contribution in [2.75, 3.05) is 21.3 Å². The minimum absolute atomic E-state index is 0.0591. The number of nitrogens with one attached hydrogen (secondary N) is 2. The first-order valence-corrected chi connectivity index (χ1v) is 7.52. The molecule has 0 spiro atoms. The van der Waals surface area contributed by atoms with E-state index in [2.05, 4.69) is 15.5 Å². The zero-order valence-corrected chi connectivity index (χ0v) is 14.2. The van der Waals surface area contributed by atoms with Crippen LogP contribution >= 0.6 is 0 Å². The van der Waals surface area contributed by atoms with E-state index in [1.54, 1.807) is 32.2 Å². The molecule has 0 saturated heterocycles. The fraction of sp³-hybridized carbons (Fsp3) is 0.312. The first-order chi connectivity index (χ1) is 12.0. The van der Waals surface area contributed by atoms with Crippen LogP contribution in [0, 0.1) is 17.0 Å². The number of nitro groups is 1. The van der Waals surface area contributed by atoms with Crippen molar-refractivity contribution < 1.29 is 19.1 Å². The summed E-state index contributed by atoms with van der Waals surface area (Å²) < 4.78 is 16.1. The average Bonchev–Trinajstić information content (AvgIpc) is 3.00. The molecule has 1 aliphatic heterocycles. The number of rotatable bonds is 5. The molecular weight excluding hydrogens is 328 g/mol. The lowest BCUT2D eigenvalue weighted by atomic mass is 9.87. The number of ether oxygens (including phenoxy) is 3.